The van der Waals surface area contributed by atoms with Gasteiger partial charge < -0.3 is 0 Å². The second kappa shape index (κ2) is 3.89. The van der Waals surface area contributed by atoms with Gasteiger partial charge in [-0.2, -0.15) is 0 Å². The molecule has 0 amide bonds. The first kappa shape index (κ1) is 10.9. The fraction of sp³-hybridized carbons (Fsp3) is 0.455. The minimum Gasteiger partial charge on any atom is -0.104 e. The molecule has 0 unspecified atom stereocenters. The van der Waals surface area contributed by atoms with Crippen molar-refractivity contribution in [1.82, 2.24) is 0 Å². The summed E-state index contributed by atoms with van der Waals surface area (Å²) in [5.74, 6) is 0. The molecule has 0 saturated carbocycles. The van der Waals surface area contributed by atoms with E-state index < -0.39 is 4.84 Å². The third-order valence-corrected chi connectivity index (χ3v) is 3.23. The monoisotopic (exact) mass is 216 g/mol. The number of hydrogen-bond donors (Lipinski definition) is 0. The average molecular weight is 217 g/mol. The Kier molecular flexibility index (Phi) is 3.26. The van der Waals surface area contributed by atoms with Crippen molar-refractivity contribution < 1.29 is 0 Å². The molecule has 0 heterocycles. The molecule has 2 heteroatoms. The summed E-state index contributed by atoms with van der Waals surface area (Å²) in [6, 6.07) is 0. The molecule has 1 aliphatic rings. The Bertz CT molecular complexity index is 262. The van der Waals surface area contributed by atoms with Gasteiger partial charge in [-0.1, -0.05) is 29.9 Å². The first-order valence-electron chi connectivity index (χ1n) is 4.30. The second-order valence-electron chi connectivity index (χ2n) is 3.79. The van der Waals surface area contributed by atoms with Gasteiger partial charge in [0.25, 0.3) is 0 Å². The zero-order valence-corrected chi connectivity index (χ0v) is 9.65. The van der Waals surface area contributed by atoms with E-state index in [0.717, 1.165) is 0 Å². The van der Waals surface area contributed by atoms with Crippen molar-refractivity contribution in [3.63, 3.8) is 0 Å². The van der Waals surface area contributed by atoms with E-state index in [-0.39, 0.29) is 5.41 Å². The maximum Gasteiger partial charge on any atom is 0.120 e. The van der Waals surface area contributed by atoms with Crippen molar-refractivity contribution >= 4 is 23.2 Å². The third kappa shape index (κ3) is 2.38. The summed E-state index contributed by atoms with van der Waals surface area (Å²) < 4.78 is 0. The maximum atomic E-state index is 5.87. The number of rotatable bonds is 1. The number of halogens is 2. The Balaban J connectivity index is 2.92. The summed E-state index contributed by atoms with van der Waals surface area (Å²) in [5, 5.41) is 0. The fourth-order valence-electron chi connectivity index (χ4n) is 1.13. The molecule has 13 heavy (non-hydrogen) atoms. The van der Waals surface area contributed by atoms with E-state index in [1.165, 1.54) is 11.1 Å². The molecule has 0 nitrogen and oxygen atoms in total. The highest BCUT2D eigenvalue weighted by Crippen LogP contribution is 2.36. The minimum absolute atomic E-state index is 0.220. The van der Waals surface area contributed by atoms with E-state index >= 15 is 0 Å². The lowest BCUT2D eigenvalue weighted by Crippen LogP contribution is -2.20. The predicted octanol–water partition coefficient (Wildman–Crippen LogP) is 4.26. The van der Waals surface area contributed by atoms with Crippen molar-refractivity contribution in [1.29, 1.82) is 0 Å². The van der Waals surface area contributed by atoms with E-state index in [9.17, 15) is 0 Å². The van der Waals surface area contributed by atoms with Gasteiger partial charge in [-0.25, -0.2) is 0 Å². The standard InChI is InChI=1S/C11H14Cl2/c1-8(2)9-4-6-11(3,7-5-9)10(12)13/h4-7,10H,1-3H3. The predicted molar refractivity (Wildman–Crippen MR) is 60.3 cm³/mol. The van der Waals surface area contributed by atoms with Crippen LogP contribution in [0.4, 0.5) is 0 Å². The van der Waals surface area contributed by atoms with Crippen LogP contribution in [0.25, 0.3) is 0 Å². The Hall–Kier alpha value is -0.200. The first-order chi connectivity index (χ1) is 5.96. The Labute approximate surface area is 89.9 Å². The molecule has 1 aliphatic carbocycles. The highest BCUT2D eigenvalue weighted by Gasteiger charge is 2.27. The second-order valence-corrected chi connectivity index (χ2v) is 4.88. The largest absolute Gasteiger partial charge is 0.120 e. The maximum absolute atomic E-state index is 5.87. The van der Waals surface area contributed by atoms with Gasteiger partial charge in [0.05, 0.1) is 0 Å². The normalized spacial score (nSPS) is 27.1. The average Bonchev–Trinajstić information content (AvgIpc) is 2.04. The molecule has 0 bridgehead atoms. The lowest BCUT2D eigenvalue weighted by atomic mass is 9.86. The van der Waals surface area contributed by atoms with Gasteiger partial charge >= 0.3 is 0 Å². The molecule has 0 aromatic carbocycles. The van der Waals surface area contributed by atoms with Gasteiger partial charge in [0, 0.05) is 5.41 Å². The van der Waals surface area contributed by atoms with Crippen molar-refractivity contribution in [2.75, 3.05) is 0 Å². The molecule has 0 aliphatic heterocycles. The highest BCUT2D eigenvalue weighted by atomic mass is 35.5. The SMILES string of the molecule is CC(C)=C1C=CC(C)(C(Cl)Cl)C=C1. The molecule has 0 saturated heterocycles. The van der Waals surface area contributed by atoms with Crippen molar-refractivity contribution in [3.05, 3.63) is 35.5 Å². The quantitative estimate of drug-likeness (QED) is 0.575. The number of alkyl halides is 2. The van der Waals surface area contributed by atoms with E-state index in [0.29, 0.717) is 0 Å². The molecule has 0 aromatic rings. The van der Waals surface area contributed by atoms with Gasteiger partial charge in [0.15, 0.2) is 0 Å². The number of allylic oxidation sites excluding steroid dienone is 6. The molecule has 0 aromatic heterocycles. The number of hydrogen-bond acceptors (Lipinski definition) is 0. The lowest BCUT2D eigenvalue weighted by Gasteiger charge is -2.26. The van der Waals surface area contributed by atoms with E-state index in [1.54, 1.807) is 0 Å². The van der Waals surface area contributed by atoms with Gasteiger partial charge in [0.2, 0.25) is 0 Å². The van der Waals surface area contributed by atoms with E-state index in [1.807, 2.05) is 6.92 Å². The molecule has 1 rings (SSSR count). The zero-order valence-electron chi connectivity index (χ0n) is 8.14. The molecule has 0 fully saturated rings. The van der Waals surface area contributed by atoms with Crippen LogP contribution < -0.4 is 0 Å². The Morgan fingerprint density at radius 3 is 2.00 bits per heavy atom. The summed E-state index contributed by atoms with van der Waals surface area (Å²) in [6.45, 7) is 6.20. The van der Waals surface area contributed by atoms with Gasteiger partial charge in [-0.05, 0) is 26.3 Å². The summed E-state index contributed by atoms with van der Waals surface area (Å²) in [5.41, 5.74) is 2.32. The van der Waals surface area contributed by atoms with Crippen LogP contribution >= 0.6 is 23.2 Å². The summed E-state index contributed by atoms with van der Waals surface area (Å²) in [4.78, 5) is -0.390. The smallest absolute Gasteiger partial charge is 0.104 e. The zero-order chi connectivity index (χ0) is 10.1. The summed E-state index contributed by atoms with van der Waals surface area (Å²) >= 11 is 11.7. The van der Waals surface area contributed by atoms with Crippen LogP contribution in [-0.2, 0) is 0 Å². The lowest BCUT2D eigenvalue weighted by molar-refractivity contribution is 0.596. The summed E-state index contributed by atoms with van der Waals surface area (Å²) in [7, 11) is 0. The summed E-state index contributed by atoms with van der Waals surface area (Å²) in [6.07, 6.45) is 8.26. The molecule has 0 atom stereocenters. The topological polar surface area (TPSA) is 0 Å². The highest BCUT2D eigenvalue weighted by molar-refractivity contribution is 6.45. The minimum atomic E-state index is -0.390. The molecule has 0 radical (unpaired) electrons. The van der Waals surface area contributed by atoms with Crippen LogP contribution in [0.5, 0.6) is 0 Å². The third-order valence-electron chi connectivity index (χ3n) is 2.29. The van der Waals surface area contributed by atoms with Gasteiger partial charge in [-0.3, -0.25) is 0 Å². The van der Waals surface area contributed by atoms with Crippen molar-refractivity contribution in [3.8, 4) is 0 Å². The van der Waals surface area contributed by atoms with Crippen LogP contribution in [0.15, 0.2) is 35.5 Å². The fourth-order valence-corrected chi connectivity index (χ4v) is 1.42. The molecular weight excluding hydrogens is 203 g/mol. The van der Waals surface area contributed by atoms with Crippen molar-refractivity contribution in [2.24, 2.45) is 5.41 Å². The van der Waals surface area contributed by atoms with E-state index in [2.05, 4.69) is 38.2 Å². The first-order valence-corrected chi connectivity index (χ1v) is 5.17. The molecular formula is C11H14Cl2. The van der Waals surface area contributed by atoms with Crippen LogP contribution in [0, 0.1) is 5.41 Å². The van der Waals surface area contributed by atoms with Crippen LogP contribution in [0.3, 0.4) is 0 Å². The van der Waals surface area contributed by atoms with Gasteiger partial charge in [-0.15, -0.1) is 23.2 Å². The molecule has 0 N–H and O–H groups in total. The molecule has 72 valence electrons. The Morgan fingerprint density at radius 2 is 1.69 bits per heavy atom. The van der Waals surface area contributed by atoms with E-state index in [4.69, 9.17) is 23.2 Å². The van der Waals surface area contributed by atoms with Crippen LogP contribution in [0.1, 0.15) is 20.8 Å². The molecule has 0 spiro atoms. The van der Waals surface area contributed by atoms with Crippen LogP contribution in [-0.4, -0.2) is 4.84 Å². The van der Waals surface area contributed by atoms with Crippen LogP contribution in [0.2, 0.25) is 0 Å². The Morgan fingerprint density at radius 1 is 1.23 bits per heavy atom. The van der Waals surface area contributed by atoms with Crippen molar-refractivity contribution in [2.45, 2.75) is 25.6 Å². The van der Waals surface area contributed by atoms with Gasteiger partial charge in [0.1, 0.15) is 4.84 Å².